The summed E-state index contributed by atoms with van der Waals surface area (Å²) < 4.78 is 12.5. The van der Waals surface area contributed by atoms with Crippen molar-refractivity contribution in [1.29, 1.82) is 0 Å². The number of rotatable bonds is 4. The quantitative estimate of drug-likeness (QED) is 0.782. The largest absolute Gasteiger partial charge is 0.461 e. The summed E-state index contributed by atoms with van der Waals surface area (Å²) in [5.74, 6) is 0.236. The number of hydrogen-bond acceptors (Lipinski definition) is 5. The van der Waals surface area contributed by atoms with E-state index in [0.29, 0.717) is 37.7 Å². The Hall–Kier alpha value is -2.05. The molecule has 2 heterocycles. The van der Waals surface area contributed by atoms with Gasteiger partial charge in [0.2, 0.25) is 0 Å². The van der Waals surface area contributed by atoms with Crippen molar-refractivity contribution in [2.75, 3.05) is 13.2 Å². The maximum Gasteiger partial charge on any atom is 0.410 e. The molecule has 1 aromatic heterocycles. The number of nitrogens with zero attached hydrogens (tertiary/aromatic N) is 3. The fourth-order valence-corrected chi connectivity index (χ4v) is 3.01. The lowest BCUT2D eigenvalue weighted by molar-refractivity contribution is 0.0220. The monoisotopic (exact) mass is 349 g/mol. The SMILES string of the molecule is CCOC(=O)c1c2c(nn1CC1CC1)CCN(C(=O)OC(C)(C)C)C2. The van der Waals surface area contributed by atoms with Gasteiger partial charge in [0.15, 0.2) is 5.69 Å². The molecule has 138 valence electrons. The molecule has 0 atom stereocenters. The average molecular weight is 349 g/mol. The molecule has 1 aliphatic heterocycles. The molecule has 0 unspecified atom stereocenters. The molecule has 0 bridgehead atoms. The molecule has 3 rings (SSSR count). The molecule has 1 fully saturated rings. The summed E-state index contributed by atoms with van der Waals surface area (Å²) in [6, 6.07) is 0. The van der Waals surface area contributed by atoms with Gasteiger partial charge in [0, 0.05) is 25.1 Å². The van der Waals surface area contributed by atoms with Gasteiger partial charge >= 0.3 is 12.1 Å². The first-order chi connectivity index (χ1) is 11.8. The van der Waals surface area contributed by atoms with Crippen LogP contribution < -0.4 is 0 Å². The van der Waals surface area contributed by atoms with E-state index in [1.807, 2.05) is 20.8 Å². The van der Waals surface area contributed by atoms with E-state index >= 15 is 0 Å². The summed E-state index contributed by atoms with van der Waals surface area (Å²) in [5, 5.41) is 4.64. The molecule has 7 nitrogen and oxygen atoms in total. The third kappa shape index (κ3) is 4.14. The van der Waals surface area contributed by atoms with Crippen molar-refractivity contribution in [1.82, 2.24) is 14.7 Å². The second-order valence-electron chi connectivity index (χ2n) is 7.77. The van der Waals surface area contributed by atoms with Gasteiger partial charge in [-0.2, -0.15) is 5.10 Å². The second kappa shape index (κ2) is 6.69. The molecule has 1 aliphatic carbocycles. The molecular formula is C18H27N3O4. The minimum Gasteiger partial charge on any atom is -0.461 e. The number of fused-ring (bicyclic) bond motifs is 1. The van der Waals surface area contributed by atoms with Crippen LogP contribution in [-0.2, 0) is 29.0 Å². The molecule has 0 radical (unpaired) electrons. The van der Waals surface area contributed by atoms with E-state index in [1.54, 1.807) is 16.5 Å². The summed E-state index contributed by atoms with van der Waals surface area (Å²) in [5.41, 5.74) is 1.65. The van der Waals surface area contributed by atoms with Gasteiger partial charge in [0.25, 0.3) is 0 Å². The van der Waals surface area contributed by atoms with Gasteiger partial charge in [-0.25, -0.2) is 9.59 Å². The first kappa shape index (κ1) is 17.8. The van der Waals surface area contributed by atoms with Crippen LogP contribution in [-0.4, -0.2) is 45.5 Å². The summed E-state index contributed by atoms with van der Waals surface area (Å²) in [4.78, 5) is 26.5. The molecule has 1 aromatic rings. The predicted molar refractivity (Wildman–Crippen MR) is 91.3 cm³/mol. The van der Waals surface area contributed by atoms with E-state index in [2.05, 4.69) is 5.10 Å². The first-order valence-corrected chi connectivity index (χ1v) is 9.02. The lowest BCUT2D eigenvalue weighted by atomic mass is 10.1. The van der Waals surface area contributed by atoms with Crippen molar-refractivity contribution in [3.8, 4) is 0 Å². The van der Waals surface area contributed by atoms with E-state index in [-0.39, 0.29) is 12.1 Å². The third-order valence-corrected chi connectivity index (χ3v) is 4.35. The number of ether oxygens (including phenoxy) is 2. The summed E-state index contributed by atoms with van der Waals surface area (Å²) in [6.45, 7) is 9.27. The van der Waals surface area contributed by atoms with Crippen LogP contribution in [0.5, 0.6) is 0 Å². The molecule has 7 heteroatoms. The molecule has 1 amide bonds. The van der Waals surface area contributed by atoms with E-state index in [0.717, 1.165) is 17.8 Å². The molecule has 25 heavy (non-hydrogen) atoms. The minimum absolute atomic E-state index is 0.317. The maximum absolute atomic E-state index is 12.5. The van der Waals surface area contributed by atoms with Crippen LogP contribution in [0.15, 0.2) is 0 Å². The van der Waals surface area contributed by atoms with E-state index < -0.39 is 5.60 Å². The highest BCUT2D eigenvalue weighted by molar-refractivity contribution is 5.90. The van der Waals surface area contributed by atoms with Crippen molar-refractivity contribution < 1.29 is 19.1 Å². The first-order valence-electron chi connectivity index (χ1n) is 9.02. The van der Waals surface area contributed by atoms with Gasteiger partial charge in [-0.15, -0.1) is 0 Å². The standard InChI is InChI=1S/C18H27N3O4/c1-5-24-16(22)15-13-11-20(17(23)25-18(2,3)4)9-8-14(13)19-21(15)10-12-6-7-12/h12H,5-11H2,1-4H3. The van der Waals surface area contributed by atoms with Crippen molar-refractivity contribution in [2.45, 2.75) is 65.6 Å². The fraction of sp³-hybridized carbons (Fsp3) is 0.722. The minimum atomic E-state index is -0.544. The van der Waals surface area contributed by atoms with Crippen LogP contribution in [0.2, 0.25) is 0 Å². The van der Waals surface area contributed by atoms with Crippen molar-refractivity contribution >= 4 is 12.1 Å². The third-order valence-electron chi connectivity index (χ3n) is 4.35. The highest BCUT2D eigenvalue weighted by Gasteiger charge is 2.34. The Morgan fingerprint density at radius 1 is 1.28 bits per heavy atom. The summed E-state index contributed by atoms with van der Waals surface area (Å²) >= 11 is 0. The number of amides is 1. The molecule has 2 aliphatic rings. The normalized spacial score (nSPS) is 17.2. The summed E-state index contributed by atoms with van der Waals surface area (Å²) in [7, 11) is 0. The van der Waals surface area contributed by atoms with Gasteiger partial charge in [-0.1, -0.05) is 0 Å². The number of aromatic nitrogens is 2. The van der Waals surface area contributed by atoms with E-state index in [1.165, 1.54) is 12.8 Å². The smallest absolute Gasteiger partial charge is 0.410 e. The topological polar surface area (TPSA) is 73.7 Å². The zero-order valence-corrected chi connectivity index (χ0v) is 15.5. The number of esters is 1. The van der Waals surface area contributed by atoms with Crippen molar-refractivity contribution in [3.63, 3.8) is 0 Å². The highest BCUT2D eigenvalue weighted by atomic mass is 16.6. The Kier molecular flexibility index (Phi) is 4.75. The van der Waals surface area contributed by atoms with Crippen LogP contribution >= 0.6 is 0 Å². The zero-order valence-electron chi connectivity index (χ0n) is 15.5. The Morgan fingerprint density at radius 3 is 2.60 bits per heavy atom. The lowest BCUT2D eigenvalue weighted by Gasteiger charge is -2.29. The molecule has 0 N–H and O–H groups in total. The Morgan fingerprint density at radius 2 is 2.00 bits per heavy atom. The number of hydrogen-bond donors (Lipinski definition) is 0. The molecule has 0 aromatic carbocycles. The van der Waals surface area contributed by atoms with Crippen molar-refractivity contribution in [3.05, 3.63) is 17.0 Å². The zero-order chi connectivity index (χ0) is 18.2. The van der Waals surface area contributed by atoms with Crippen LogP contribution in [0.3, 0.4) is 0 Å². The Balaban J connectivity index is 1.85. The maximum atomic E-state index is 12.5. The predicted octanol–water partition coefficient (Wildman–Crippen LogP) is 2.76. The van der Waals surface area contributed by atoms with Gasteiger partial charge in [0.1, 0.15) is 5.60 Å². The Labute approximate surface area is 148 Å². The summed E-state index contributed by atoms with van der Waals surface area (Å²) in [6.07, 6.45) is 2.62. The number of carbonyl (C=O) groups excluding carboxylic acids is 2. The van der Waals surface area contributed by atoms with E-state index in [9.17, 15) is 9.59 Å². The van der Waals surface area contributed by atoms with Gasteiger partial charge in [0.05, 0.1) is 18.8 Å². The lowest BCUT2D eigenvalue weighted by Crippen LogP contribution is -2.40. The second-order valence-corrected chi connectivity index (χ2v) is 7.77. The number of carbonyl (C=O) groups is 2. The van der Waals surface area contributed by atoms with Gasteiger partial charge in [-0.05, 0) is 46.5 Å². The van der Waals surface area contributed by atoms with E-state index in [4.69, 9.17) is 9.47 Å². The average Bonchev–Trinajstić information content (AvgIpc) is 3.24. The van der Waals surface area contributed by atoms with Crippen molar-refractivity contribution in [2.24, 2.45) is 5.92 Å². The van der Waals surface area contributed by atoms with Crippen LogP contribution in [0.25, 0.3) is 0 Å². The van der Waals surface area contributed by atoms with Crippen LogP contribution in [0.4, 0.5) is 4.79 Å². The van der Waals surface area contributed by atoms with Crippen LogP contribution in [0, 0.1) is 5.92 Å². The molecule has 1 saturated carbocycles. The fourth-order valence-electron chi connectivity index (χ4n) is 3.01. The molecule has 0 spiro atoms. The van der Waals surface area contributed by atoms with Gasteiger partial charge in [-0.3, -0.25) is 4.68 Å². The molecule has 0 saturated heterocycles. The van der Waals surface area contributed by atoms with Crippen LogP contribution in [0.1, 0.15) is 62.3 Å². The Bertz CT molecular complexity index is 671. The highest BCUT2D eigenvalue weighted by Crippen LogP contribution is 2.32. The molecular weight excluding hydrogens is 322 g/mol. The van der Waals surface area contributed by atoms with Gasteiger partial charge < -0.3 is 14.4 Å².